The third kappa shape index (κ3) is 4.17. The van der Waals surface area contributed by atoms with Crippen molar-refractivity contribution in [3.8, 4) is 0 Å². The van der Waals surface area contributed by atoms with Crippen LogP contribution in [0.25, 0.3) is 10.9 Å². The monoisotopic (exact) mass is 436 g/mol. The average Bonchev–Trinajstić information content (AvgIpc) is 2.76. The Bertz CT molecular complexity index is 1350. The van der Waals surface area contributed by atoms with E-state index in [0.717, 1.165) is 11.3 Å². The van der Waals surface area contributed by atoms with Crippen LogP contribution < -0.4 is 10.9 Å². The van der Waals surface area contributed by atoms with Crippen molar-refractivity contribution < 1.29 is 4.79 Å². The number of aromatic nitrogens is 3. The van der Waals surface area contributed by atoms with E-state index in [2.05, 4.69) is 15.3 Å². The first-order valence-corrected chi connectivity index (χ1v) is 10.00. The maximum absolute atomic E-state index is 13.0. The predicted molar refractivity (Wildman–Crippen MR) is 119 cm³/mol. The van der Waals surface area contributed by atoms with Gasteiger partial charge in [0.1, 0.15) is 0 Å². The van der Waals surface area contributed by atoms with E-state index in [-0.39, 0.29) is 22.8 Å². The van der Waals surface area contributed by atoms with E-state index < -0.39 is 0 Å². The van der Waals surface area contributed by atoms with Crippen LogP contribution in [0.2, 0.25) is 5.02 Å². The molecule has 2 aromatic heterocycles. The quantitative estimate of drug-likeness (QED) is 0.462. The third-order valence-electron chi connectivity index (χ3n) is 4.69. The van der Waals surface area contributed by atoms with Gasteiger partial charge in [-0.1, -0.05) is 35.9 Å². The van der Waals surface area contributed by atoms with Gasteiger partial charge < -0.3 is 10.3 Å². The molecule has 150 valence electrons. The lowest BCUT2D eigenvalue weighted by molar-refractivity contribution is 0.0950. The second kappa shape index (κ2) is 8.61. The van der Waals surface area contributed by atoms with Crippen molar-refractivity contribution in [3.05, 3.63) is 104 Å². The molecule has 0 aliphatic rings. The number of H-pyrrole nitrogens is 1. The van der Waals surface area contributed by atoms with Crippen LogP contribution in [0.4, 0.5) is 0 Å². The van der Waals surface area contributed by atoms with Crippen molar-refractivity contribution in [2.75, 3.05) is 0 Å². The lowest BCUT2D eigenvalue weighted by Crippen LogP contribution is -2.25. The Morgan fingerprint density at radius 2 is 1.93 bits per heavy atom. The number of amides is 1. The van der Waals surface area contributed by atoms with Gasteiger partial charge in [0.2, 0.25) is 0 Å². The molecule has 0 atom stereocenters. The zero-order chi connectivity index (χ0) is 21.1. The number of hydrogen-bond donors (Lipinski definition) is 2. The number of benzene rings is 2. The first kappa shape index (κ1) is 20.0. The summed E-state index contributed by atoms with van der Waals surface area (Å²) in [5.74, 6) is -0.262. The molecule has 4 aromatic rings. The van der Waals surface area contributed by atoms with Gasteiger partial charge in [-0.15, -0.1) is 0 Å². The van der Waals surface area contributed by atoms with Crippen LogP contribution in [0.3, 0.4) is 0 Å². The fourth-order valence-electron chi connectivity index (χ4n) is 3.11. The summed E-state index contributed by atoms with van der Waals surface area (Å²) in [6.07, 6.45) is 1.67. The molecule has 0 fully saturated rings. The van der Waals surface area contributed by atoms with Gasteiger partial charge in [-0.2, -0.15) is 0 Å². The van der Waals surface area contributed by atoms with Crippen molar-refractivity contribution in [1.82, 2.24) is 19.9 Å². The molecule has 6 nitrogen and oxygen atoms in total. The van der Waals surface area contributed by atoms with Crippen molar-refractivity contribution in [1.29, 1.82) is 0 Å². The first-order valence-electron chi connectivity index (χ1n) is 9.21. The summed E-state index contributed by atoms with van der Waals surface area (Å²) < 4.78 is 1.72. The molecule has 1 amide bonds. The van der Waals surface area contributed by atoms with Crippen molar-refractivity contribution in [2.45, 2.75) is 13.1 Å². The highest BCUT2D eigenvalue weighted by Gasteiger charge is 2.11. The molecular formula is C22H17ClN4O2S. The van der Waals surface area contributed by atoms with E-state index in [1.807, 2.05) is 36.4 Å². The summed E-state index contributed by atoms with van der Waals surface area (Å²) in [5, 5.41) is 3.83. The summed E-state index contributed by atoms with van der Waals surface area (Å²) in [6.45, 7) is 0.573. The van der Waals surface area contributed by atoms with E-state index >= 15 is 0 Å². The van der Waals surface area contributed by atoms with Gasteiger partial charge in [0.25, 0.3) is 11.5 Å². The Kier molecular flexibility index (Phi) is 5.74. The molecule has 0 bridgehead atoms. The topological polar surface area (TPSA) is 79.8 Å². The molecule has 0 radical (unpaired) electrons. The van der Waals surface area contributed by atoms with Crippen molar-refractivity contribution in [2.24, 2.45) is 0 Å². The normalized spacial score (nSPS) is 10.8. The lowest BCUT2D eigenvalue weighted by Gasteiger charge is -2.10. The molecule has 0 unspecified atom stereocenters. The second-order valence-electron chi connectivity index (χ2n) is 6.68. The Balaban J connectivity index is 1.62. The lowest BCUT2D eigenvalue weighted by atomic mass is 10.1. The minimum absolute atomic E-state index is 0.242. The van der Waals surface area contributed by atoms with E-state index in [4.69, 9.17) is 23.8 Å². The van der Waals surface area contributed by atoms with Crippen LogP contribution in [0.15, 0.2) is 71.7 Å². The molecule has 30 heavy (non-hydrogen) atoms. The second-order valence-corrected chi connectivity index (χ2v) is 7.47. The smallest absolute Gasteiger partial charge is 0.262 e. The Labute approximate surface area is 182 Å². The largest absolute Gasteiger partial charge is 0.346 e. The number of nitrogens with one attached hydrogen (secondary N) is 2. The van der Waals surface area contributed by atoms with E-state index in [9.17, 15) is 9.59 Å². The molecule has 0 saturated heterocycles. The number of pyridine rings is 1. The highest BCUT2D eigenvalue weighted by Crippen LogP contribution is 2.17. The summed E-state index contributed by atoms with van der Waals surface area (Å²) in [7, 11) is 0. The standard InChI is InChI=1S/C22H17ClN4O2S/c23-18-7-2-1-5-15(18)13-27-21(29)17-9-8-14(11-19(17)26-22(27)30)20(28)25-12-16-6-3-4-10-24-16/h1-11H,12-13H2,(H,25,28)(H,26,30). The number of carbonyl (C=O) groups is 1. The van der Waals surface area contributed by atoms with Crippen LogP contribution in [-0.4, -0.2) is 20.4 Å². The van der Waals surface area contributed by atoms with Gasteiger partial charge in [-0.05, 0) is 54.2 Å². The highest BCUT2D eigenvalue weighted by atomic mass is 35.5. The molecule has 8 heteroatoms. The van der Waals surface area contributed by atoms with Gasteiger partial charge in [0.05, 0.1) is 29.7 Å². The molecule has 0 aliphatic heterocycles. The van der Waals surface area contributed by atoms with E-state index in [1.54, 1.807) is 30.5 Å². The minimum atomic E-state index is -0.262. The molecule has 2 aromatic carbocycles. The zero-order valence-electron chi connectivity index (χ0n) is 15.8. The number of hydrogen-bond acceptors (Lipinski definition) is 4. The number of aromatic amines is 1. The molecule has 0 aliphatic carbocycles. The summed E-state index contributed by atoms with van der Waals surface area (Å²) in [4.78, 5) is 32.7. The SMILES string of the molecule is O=C(NCc1ccccn1)c1ccc2c(=O)n(Cc3ccccc3Cl)c(=S)[nH]c2c1. The number of fused-ring (bicyclic) bond motifs is 1. The van der Waals surface area contributed by atoms with Crippen molar-refractivity contribution >= 4 is 40.6 Å². The number of rotatable bonds is 5. The van der Waals surface area contributed by atoms with E-state index in [1.165, 1.54) is 4.57 Å². The Morgan fingerprint density at radius 3 is 2.70 bits per heavy atom. The van der Waals surface area contributed by atoms with Crippen LogP contribution in [0.1, 0.15) is 21.6 Å². The highest BCUT2D eigenvalue weighted by molar-refractivity contribution is 7.71. The van der Waals surface area contributed by atoms with Gasteiger partial charge in [-0.25, -0.2) is 0 Å². The molecule has 0 saturated carbocycles. The molecule has 2 heterocycles. The predicted octanol–water partition coefficient (Wildman–Crippen LogP) is 4.09. The Hall–Kier alpha value is -3.29. The molecule has 4 rings (SSSR count). The fourth-order valence-corrected chi connectivity index (χ4v) is 3.56. The maximum Gasteiger partial charge on any atom is 0.262 e. The van der Waals surface area contributed by atoms with Gasteiger partial charge >= 0.3 is 0 Å². The minimum Gasteiger partial charge on any atom is -0.346 e. The number of nitrogens with zero attached hydrogens (tertiary/aromatic N) is 2. The van der Waals surface area contributed by atoms with Crippen LogP contribution >= 0.6 is 23.8 Å². The first-order chi connectivity index (χ1) is 14.5. The van der Waals surface area contributed by atoms with Gasteiger partial charge in [-0.3, -0.25) is 19.1 Å². The zero-order valence-corrected chi connectivity index (χ0v) is 17.3. The van der Waals surface area contributed by atoms with Crippen molar-refractivity contribution in [3.63, 3.8) is 0 Å². The summed E-state index contributed by atoms with van der Waals surface area (Å²) >= 11 is 11.6. The van der Waals surface area contributed by atoms with Gasteiger partial charge in [0.15, 0.2) is 4.77 Å². The number of halogens is 1. The molecule has 0 spiro atoms. The molecular weight excluding hydrogens is 420 g/mol. The fraction of sp³-hybridized carbons (Fsp3) is 0.0909. The maximum atomic E-state index is 13.0. The Morgan fingerprint density at radius 1 is 1.13 bits per heavy atom. The number of carbonyl (C=O) groups excluding carboxylic acids is 1. The summed E-state index contributed by atoms with van der Waals surface area (Å²) in [6, 6.07) is 17.7. The average molecular weight is 437 g/mol. The van der Waals surface area contributed by atoms with Crippen LogP contribution in [0, 0.1) is 4.77 Å². The van der Waals surface area contributed by atoms with Gasteiger partial charge in [0, 0.05) is 16.8 Å². The van der Waals surface area contributed by atoms with Crippen LogP contribution in [-0.2, 0) is 13.1 Å². The summed E-state index contributed by atoms with van der Waals surface area (Å²) in [5.41, 5.74) is 2.24. The van der Waals surface area contributed by atoms with E-state index in [0.29, 0.717) is 28.0 Å². The third-order valence-corrected chi connectivity index (χ3v) is 5.38. The van der Waals surface area contributed by atoms with Crippen LogP contribution in [0.5, 0.6) is 0 Å². The molecule has 2 N–H and O–H groups in total.